The van der Waals surface area contributed by atoms with Crippen LogP contribution in [0.15, 0.2) is 6.20 Å². The van der Waals surface area contributed by atoms with Gasteiger partial charge in [-0.2, -0.15) is 0 Å². The van der Waals surface area contributed by atoms with Gasteiger partial charge in [0.05, 0.1) is 24.4 Å². The molecule has 1 aromatic heterocycles. The summed E-state index contributed by atoms with van der Waals surface area (Å²) >= 11 is 0. The molecule has 0 spiro atoms. The van der Waals surface area contributed by atoms with E-state index in [0.717, 1.165) is 37.9 Å². The zero-order valence-electron chi connectivity index (χ0n) is 17.0. The van der Waals surface area contributed by atoms with Crippen molar-refractivity contribution in [3.8, 4) is 0 Å². The number of aliphatic hydroxyl groups excluding tert-OH is 1. The predicted molar refractivity (Wildman–Crippen MR) is 106 cm³/mol. The van der Waals surface area contributed by atoms with Crippen LogP contribution in [0.4, 0.5) is 4.79 Å². The van der Waals surface area contributed by atoms with Crippen LogP contribution in [-0.2, 0) is 11.3 Å². The van der Waals surface area contributed by atoms with Crippen LogP contribution in [0.2, 0.25) is 0 Å². The van der Waals surface area contributed by atoms with Gasteiger partial charge in [-0.05, 0) is 38.5 Å². The molecule has 2 fully saturated rings. The summed E-state index contributed by atoms with van der Waals surface area (Å²) in [6, 6.07) is -0.340. The summed E-state index contributed by atoms with van der Waals surface area (Å²) in [6.45, 7) is 3.33. The summed E-state index contributed by atoms with van der Waals surface area (Å²) in [5.41, 5.74) is 1.12. The first kappa shape index (κ1) is 21.0. The quantitative estimate of drug-likeness (QED) is 0.629. The van der Waals surface area contributed by atoms with Crippen molar-refractivity contribution in [2.45, 2.75) is 95.4 Å². The fraction of sp³-hybridized carbons (Fsp3) is 0.850. The number of ether oxygens (including phenoxy) is 1. The van der Waals surface area contributed by atoms with Gasteiger partial charge < -0.3 is 20.5 Å². The Morgan fingerprint density at radius 3 is 2.86 bits per heavy atom. The average Bonchev–Trinajstić information content (AvgIpc) is 3.21. The van der Waals surface area contributed by atoms with E-state index in [9.17, 15) is 9.90 Å². The van der Waals surface area contributed by atoms with E-state index in [1.807, 2.05) is 11.6 Å². The molecule has 2 heterocycles. The number of carbonyl (C=O) groups excluding carboxylic acids is 1. The first-order chi connectivity index (χ1) is 13.7. The predicted octanol–water partition coefficient (Wildman–Crippen LogP) is 2.33. The first-order valence-electron chi connectivity index (χ1n) is 10.9. The Morgan fingerprint density at radius 2 is 2.11 bits per heavy atom. The number of hydrogen-bond donors (Lipinski definition) is 3. The van der Waals surface area contributed by atoms with E-state index in [1.165, 1.54) is 32.1 Å². The molecule has 158 valence electrons. The number of urea groups is 1. The van der Waals surface area contributed by atoms with Crippen LogP contribution in [0.3, 0.4) is 0 Å². The van der Waals surface area contributed by atoms with Crippen molar-refractivity contribution in [1.82, 2.24) is 25.6 Å². The Hall–Kier alpha value is -1.67. The van der Waals surface area contributed by atoms with Gasteiger partial charge in [0, 0.05) is 25.2 Å². The molecule has 8 nitrogen and oxygen atoms in total. The highest BCUT2D eigenvalue weighted by Crippen LogP contribution is 2.31. The van der Waals surface area contributed by atoms with Gasteiger partial charge in [0.2, 0.25) is 0 Å². The smallest absolute Gasteiger partial charge is 0.315 e. The number of amides is 2. The summed E-state index contributed by atoms with van der Waals surface area (Å²) in [4.78, 5) is 11.9. The number of rotatable bonds is 8. The third-order valence-electron chi connectivity index (χ3n) is 5.91. The molecule has 1 aromatic rings. The minimum absolute atomic E-state index is 0.0660. The Bertz CT molecular complexity index is 602. The number of aromatic nitrogens is 3. The van der Waals surface area contributed by atoms with Gasteiger partial charge in [-0.1, -0.05) is 31.4 Å². The van der Waals surface area contributed by atoms with E-state index < -0.39 is 0 Å². The minimum atomic E-state index is -0.361. The van der Waals surface area contributed by atoms with Crippen LogP contribution in [0.25, 0.3) is 0 Å². The molecule has 8 heteroatoms. The van der Waals surface area contributed by atoms with Crippen LogP contribution in [-0.4, -0.2) is 57.5 Å². The maximum absolute atomic E-state index is 11.9. The minimum Gasteiger partial charge on any atom is -0.394 e. The summed E-state index contributed by atoms with van der Waals surface area (Å²) < 4.78 is 7.96. The van der Waals surface area contributed by atoms with Crippen molar-refractivity contribution in [2.75, 3.05) is 13.2 Å². The lowest BCUT2D eigenvalue weighted by Crippen LogP contribution is -2.53. The molecular weight excluding hydrogens is 358 g/mol. The highest BCUT2D eigenvalue weighted by molar-refractivity contribution is 5.74. The third-order valence-corrected chi connectivity index (χ3v) is 5.91. The van der Waals surface area contributed by atoms with Gasteiger partial charge in [0.25, 0.3) is 0 Å². The molecular formula is C20H35N5O3. The maximum atomic E-state index is 11.9. The molecule has 1 aliphatic carbocycles. The van der Waals surface area contributed by atoms with Gasteiger partial charge in [0.15, 0.2) is 0 Å². The number of aliphatic hydroxyl groups is 1. The molecule has 0 unspecified atom stereocenters. The molecule has 3 atom stereocenters. The van der Waals surface area contributed by atoms with E-state index >= 15 is 0 Å². The Labute approximate surface area is 167 Å². The third kappa shape index (κ3) is 5.91. The molecule has 2 amide bonds. The van der Waals surface area contributed by atoms with Crippen LogP contribution >= 0.6 is 0 Å². The van der Waals surface area contributed by atoms with E-state index in [1.54, 1.807) is 0 Å². The highest BCUT2D eigenvalue weighted by atomic mass is 16.5. The Morgan fingerprint density at radius 1 is 1.29 bits per heavy atom. The molecule has 1 aliphatic heterocycles. The number of nitrogens with zero attached hydrogens (tertiary/aromatic N) is 3. The summed E-state index contributed by atoms with van der Waals surface area (Å²) in [6.07, 6.45) is 11.6. The SMILES string of the molecule is CCCNC(=O)N[C@H]1CC[C@@H](CCn2cc(C3CCCCC3)nn2)O[C@@H]1CO. The van der Waals surface area contributed by atoms with Crippen molar-refractivity contribution in [2.24, 2.45) is 0 Å². The van der Waals surface area contributed by atoms with E-state index in [-0.39, 0.29) is 30.9 Å². The molecule has 3 N–H and O–H groups in total. The molecule has 0 bridgehead atoms. The highest BCUT2D eigenvalue weighted by Gasteiger charge is 2.31. The Balaban J connectivity index is 1.43. The normalized spacial score (nSPS) is 26.1. The maximum Gasteiger partial charge on any atom is 0.315 e. The fourth-order valence-electron chi connectivity index (χ4n) is 4.25. The van der Waals surface area contributed by atoms with Crippen molar-refractivity contribution in [1.29, 1.82) is 0 Å². The molecule has 2 aliphatic rings. The largest absolute Gasteiger partial charge is 0.394 e. The number of nitrogens with one attached hydrogen (secondary N) is 2. The molecule has 0 aromatic carbocycles. The molecule has 1 saturated carbocycles. The zero-order chi connectivity index (χ0) is 19.8. The van der Waals surface area contributed by atoms with Gasteiger partial charge in [-0.25, -0.2) is 4.79 Å². The standard InChI is InChI=1S/C20H35N5O3/c1-2-11-21-20(27)22-17-9-8-16(28-19(17)14-26)10-12-25-13-18(23-24-25)15-6-4-3-5-7-15/h13,15-17,19,26H,2-12,14H2,1H3,(H2,21,22,27)/t16-,17-,19+/m0/s1. The topological polar surface area (TPSA) is 101 Å². The lowest BCUT2D eigenvalue weighted by atomic mass is 9.87. The van der Waals surface area contributed by atoms with Crippen molar-refractivity contribution in [3.63, 3.8) is 0 Å². The summed E-state index contributed by atoms with van der Waals surface area (Å²) in [7, 11) is 0. The lowest BCUT2D eigenvalue weighted by Gasteiger charge is -2.36. The van der Waals surface area contributed by atoms with Crippen LogP contribution in [0.5, 0.6) is 0 Å². The average molecular weight is 394 g/mol. The van der Waals surface area contributed by atoms with Gasteiger partial charge in [0.1, 0.15) is 6.10 Å². The monoisotopic (exact) mass is 393 g/mol. The van der Waals surface area contributed by atoms with Gasteiger partial charge >= 0.3 is 6.03 Å². The van der Waals surface area contributed by atoms with Crippen molar-refractivity contribution < 1.29 is 14.6 Å². The zero-order valence-corrected chi connectivity index (χ0v) is 17.0. The number of carbonyl (C=O) groups is 1. The molecule has 1 saturated heterocycles. The molecule has 3 rings (SSSR count). The van der Waals surface area contributed by atoms with E-state index in [2.05, 4.69) is 27.1 Å². The lowest BCUT2D eigenvalue weighted by molar-refractivity contribution is -0.0907. The second kappa shape index (κ2) is 10.8. The summed E-state index contributed by atoms with van der Waals surface area (Å²) in [5.74, 6) is 0.567. The first-order valence-corrected chi connectivity index (χ1v) is 10.9. The second-order valence-corrected chi connectivity index (χ2v) is 8.09. The van der Waals surface area contributed by atoms with Crippen molar-refractivity contribution in [3.05, 3.63) is 11.9 Å². The second-order valence-electron chi connectivity index (χ2n) is 8.09. The Kier molecular flexibility index (Phi) is 8.09. The summed E-state index contributed by atoms with van der Waals surface area (Å²) in [5, 5.41) is 24.1. The fourth-order valence-corrected chi connectivity index (χ4v) is 4.25. The van der Waals surface area contributed by atoms with Crippen LogP contribution in [0.1, 0.15) is 76.3 Å². The van der Waals surface area contributed by atoms with Crippen LogP contribution < -0.4 is 10.6 Å². The van der Waals surface area contributed by atoms with Gasteiger partial charge in [-0.15, -0.1) is 5.10 Å². The van der Waals surface area contributed by atoms with Gasteiger partial charge in [-0.3, -0.25) is 4.68 Å². The van der Waals surface area contributed by atoms with Crippen molar-refractivity contribution >= 4 is 6.03 Å². The number of hydrogen-bond acceptors (Lipinski definition) is 5. The van der Waals surface area contributed by atoms with Crippen LogP contribution in [0, 0.1) is 0 Å². The number of aryl methyl sites for hydroxylation is 1. The van der Waals surface area contributed by atoms with E-state index in [0.29, 0.717) is 12.5 Å². The molecule has 0 radical (unpaired) electrons. The molecule has 28 heavy (non-hydrogen) atoms. The van der Waals surface area contributed by atoms with E-state index in [4.69, 9.17) is 4.74 Å².